The topological polar surface area (TPSA) is 96.5 Å². The van der Waals surface area contributed by atoms with Crippen LogP contribution < -0.4 is 5.32 Å². The van der Waals surface area contributed by atoms with Crippen molar-refractivity contribution in [2.75, 3.05) is 0 Å². The Labute approximate surface area is 155 Å². The smallest absolute Gasteiger partial charge is 0.254 e. The van der Waals surface area contributed by atoms with Gasteiger partial charge in [-0.1, -0.05) is 6.07 Å². The van der Waals surface area contributed by atoms with E-state index in [-0.39, 0.29) is 5.91 Å². The Balaban J connectivity index is 1.58. The number of nitrogens with one attached hydrogen (secondary N) is 2. The number of nitrogens with zero attached hydrogens (tertiary/aromatic N) is 4. The molecule has 0 unspecified atom stereocenters. The van der Waals surface area contributed by atoms with Crippen molar-refractivity contribution in [3.63, 3.8) is 0 Å². The van der Waals surface area contributed by atoms with Crippen LogP contribution in [0.2, 0.25) is 0 Å². The van der Waals surface area contributed by atoms with Gasteiger partial charge in [0.05, 0.1) is 22.6 Å². The average Bonchev–Trinajstić information content (AvgIpc) is 3.03. The molecule has 2 N–H and O–H groups in total. The Morgan fingerprint density at radius 2 is 1.96 bits per heavy atom. The summed E-state index contributed by atoms with van der Waals surface area (Å²) in [6.07, 6.45) is 6.23. The zero-order valence-corrected chi connectivity index (χ0v) is 15.0. The molecule has 3 aromatic heterocycles. The van der Waals surface area contributed by atoms with Gasteiger partial charge in [-0.3, -0.25) is 4.79 Å². The number of amides is 1. The van der Waals surface area contributed by atoms with E-state index >= 15 is 0 Å². The minimum absolute atomic E-state index is 0.180. The molecule has 7 heteroatoms. The Kier molecular flexibility index (Phi) is 4.33. The molecule has 4 aromatic rings. The summed E-state index contributed by atoms with van der Waals surface area (Å²) in [6, 6.07) is 7.98. The molecule has 0 atom stereocenters. The van der Waals surface area contributed by atoms with Crippen LogP contribution in [0.4, 0.5) is 0 Å². The molecule has 7 nitrogen and oxygen atoms in total. The molecule has 0 aliphatic carbocycles. The summed E-state index contributed by atoms with van der Waals surface area (Å²) in [7, 11) is 0. The molecule has 4 rings (SSSR count). The minimum atomic E-state index is -0.180. The molecule has 0 saturated heterocycles. The highest BCUT2D eigenvalue weighted by Crippen LogP contribution is 2.28. The summed E-state index contributed by atoms with van der Waals surface area (Å²) in [5.74, 6) is -0.180. The Bertz CT molecular complexity index is 1120. The van der Waals surface area contributed by atoms with E-state index in [0.29, 0.717) is 17.8 Å². The van der Waals surface area contributed by atoms with Gasteiger partial charge in [0.2, 0.25) is 0 Å². The van der Waals surface area contributed by atoms with Gasteiger partial charge in [0, 0.05) is 29.8 Å². The van der Waals surface area contributed by atoms with E-state index in [1.165, 1.54) is 18.9 Å². The first-order valence-corrected chi connectivity index (χ1v) is 8.56. The second kappa shape index (κ2) is 6.95. The third kappa shape index (κ3) is 3.27. The summed E-state index contributed by atoms with van der Waals surface area (Å²) >= 11 is 0. The number of carbonyl (C=O) groups is 1. The van der Waals surface area contributed by atoms with Crippen molar-refractivity contribution in [2.45, 2.75) is 20.4 Å². The first kappa shape index (κ1) is 16.8. The van der Waals surface area contributed by atoms with Crippen LogP contribution in [0, 0.1) is 13.8 Å². The molecular weight excluding hydrogens is 340 g/mol. The third-order valence-corrected chi connectivity index (χ3v) is 4.57. The Morgan fingerprint density at radius 1 is 1.11 bits per heavy atom. The molecule has 0 bridgehead atoms. The summed E-state index contributed by atoms with van der Waals surface area (Å²) in [5.41, 5.74) is 6.14. The molecule has 0 fully saturated rings. The van der Waals surface area contributed by atoms with Gasteiger partial charge in [0.25, 0.3) is 5.91 Å². The number of H-pyrrole nitrogens is 1. The molecule has 134 valence electrons. The molecular formula is C20H18N6O. The number of aryl methyl sites for hydroxylation is 2. The van der Waals surface area contributed by atoms with E-state index in [2.05, 4.69) is 43.2 Å². The van der Waals surface area contributed by atoms with Gasteiger partial charge in [-0.05, 0) is 43.2 Å². The first-order chi connectivity index (χ1) is 13.1. The van der Waals surface area contributed by atoms with Crippen LogP contribution >= 0.6 is 0 Å². The van der Waals surface area contributed by atoms with E-state index in [4.69, 9.17) is 0 Å². The fourth-order valence-electron chi connectivity index (χ4n) is 3.07. The van der Waals surface area contributed by atoms with Gasteiger partial charge in [-0.25, -0.2) is 19.9 Å². The highest BCUT2D eigenvalue weighted by atomic mass is 16.1. The van der Waals surface area contributed by atoms with Gasteiger partial charge in [-0.2, -0.15) is 0 Å². The maximum absolute atomic E-state index is 12.3. The van der Waals surface area contributed by atoms with Crippen LogP contribution in [0.25, 0.3) is 22.3 Å². The van der Waals surface area contributed by atoms with E-state index < -0.39 is 0 Å². The van der Waals surface area contributed by atoms with Gasteiger partial charge in [-0.15, -0.1) is 0 Å². The normalized spacial score (nSPS) is 10.9. The zero-order valence-electron chi connectivity index (χ0n) is 15.0. The van der Waals surface area contributed by atoms with Crippen molar-refractivity contribution in [3.05, 3.63) is 71.7 Å². The Morgan fingerprint density at radius 3 is 2.74 bits per heavy atom. The van der Waals surface area contributed by atoms with Crippen LogP contribution in [0.15, 0.2) is 49.3 Å². The fourth-order valence-corrected chi connectivity index (χ4v) is 3.07. The maximum atomic E-state index is 12.3. The van der Waals surface area contributed by atoms with Gasteiger partial charge in [0.1, 0.15) is 12.7 Å². The molecule has 1 amide bonds. The highest BCUT2D eigenvalue weighted by molar-refractivity contribution is 5.95. The lowest BCUT2D eigenvalue weighted by atomic mass is 10.1. The summed E-state index contributed by atoms with van der Waals surface area (Å²) < 4.78 is 0. The maximum Gasteiger partial charge on any atom is 0.254 e. The summed E-state index contributed by atoms with van der Waals surface area (Å²) in [6.45, 7) is 4.28. The standard InChI is InChI=1S/C20H18N6O/c1-12-15-7-14(8-23-20(27)16-9-22-11-24-13(16)2)3-4-17(15)26-19(12)18-5-6-21-10-25-18/h3-7,9-11,26H,8H2,1-2H3,(H,23,27). The number of rotatable bonds is 4. The lowest BCUT2D eigenvalue weighted by Crippen LogP contribution is -2.24. The second-order valence-corrected chi connectivity index (χ2v) is 6.30. The quantitative estimate of drug-likeness (QED) is 0.585. The third-order valence-electron chi connectivity index (χ3n) is 4.57. The number of hydrogen-bond donors (Lipinski definition) is 2. The molecule has 3 heterocycles. The van der Waals surface area contributed by atoms with E-state index in [0.717, 1.165) is 33.4 Å². The lowest BCUT2D eigenvalue weighted by Gasteiger charge is -2.07. The number of hydrogen-bond acceptors (Lipinski definition) is 5. The molecule has 1 aromatic carbocycles. The summed E-state index contributed by atoms with van der Waals surface area (Å²) in [5, 5.41) is 4.04. The minimum Gasteiger partial charge on any atom is -0.353 e. The SMILES string of the molecule is Cc1ncncc1C(=O)NCc1ccc2[nH]c(-c3ccncn3)c(C)c2c1. The second-order valence-electron chi connectivity index (χ2n) is 6.30. The van der Waals surface area contributed by atoms with Crippen LogP contribution in [0.3, 0.4) is 0 Å². The van der Waals surface area contributed by atoms with Crippen LogP contribution in [0.5, 0.6) is 0 Å². The largest absolute Gasteiger partial charge is 0.353 e. The highest BCUT2D eigenvalue weighted by Gasteiger charge is 2.12. The molecule has 0 aliphatic rings. The molecule has 0 aliphatic heterocycles. The number of fused-ring (bicyclic) bond motifs is 1. The zero-order chi connectivity index (χ0) is 18.8. The van der Waals surface area contributed by atoms with Crippen LogP contribution in [0.1, 0.15) is 27.2 Å². The van der Waals surface area contributed by atoms with Crippen molar-refractivity contribution < 1.29 is 4.79 Å². The fraction of sp³-hybridized carbons (Fsp3) is 0.150. The summed E-state index contributed by atoms with van der Waals surface area (Å²) in [4.78, 5) is 32.0. The van der Waals surface area contributed by atoms with Gasteiger partial charge < -0.3 is 10.3 Å². The molecule has 27 heavy (non-hydrogen) atoms. The van der Waals surface area contributed by atoms with Crippen LogP contribution in [-0.4, -0.2) is 30.8 Å². The Hall–Kier alpha value is -3.61. The number of aromatic amines is 1. The van der Waals surface area contributed by atoms with Crippen molar-refractivity contribution in [3.8, 4) is 11.4 Å². The predicted molar refractivity (Wildman–Crippen MR) is 102 cm³/mol. The number of benzene rings is 1. The van der Waals surface area contributed by atoms with E-state index in [9.17, 15) is 4.79 Å². The van der Waals surface area contributed by atoms with E-state index in [1.54, 1.807) is 13.1 Å². The van der Waals surface area contributed by atoms with Gasteiger partial charge in [0.15, 0.2) is 0 Å². The molecule has 0 saturated carbocycles. The van der Waals surface area contributed by atoms with Crippen molar-refractivity contribution >= 4 is 16.8 Å². The van der Waals surface area contributed by atoms with Crippen molar-refractivity contribution in [1.29, 1.82) is 0 Å². The van der Waals surface area contributed by atoms with Gasteiger partial charge >= 0.3 is 0 Å². The van der Waals surface area contributed by atoms with E-state index in [1.807, 2.05) is 18.2 Å². The molecule has 0 spiro atoms. The number of carbonyl (C=O) groups excluding carboxylic acids is 1. The monoisotopic (exact) mass is 358 g/mol. The predicted octanol–water partition coefficient (Wildman–Crippen LogP) is 2.96. The van der Waals surface area contributed by atoms with Crippen LogP contribution in [-0.2, 0) is 6.54 Å². The number of aromatic nitrogens is 5. The molecule has 0 radical (unpaired) electrons. The van der Waals surface area contributed by atoms with Crippen molar-refractivity contribution in [1.82, 2.24) is 30.2 Å². The average molecular weight is 358 g/mol. The lowest BCUT2D eigenvalue weighted by molar-refractivity contribution is 0.0949. The first-order valence-electron chi connectivity index (χ1n) is 8.56. The van der Waals surface area contributed by atoms with Crippen molar-refractivity contribution in [2.24, 2.45) is 0 Å².